The molecule has 4 heteroatoms. The average molecular weight is 258 g/mol. The smallest absolute Gasteiger partial charge is 0.237 e. The van der Waals surface area contributed by atoms with Gasteiger partial charge in [-0.25, -0.2) is 5.84 Å². The van der Waals surface area contributed by atoms with Gasteiger partial charge in [0.2, 0.25) is 5.91 Å². The van der Waals surface area contributed by atoms with Crippen molar-refractivity contribution < 1.29 is 9.90 Å². The van der Waals surface area contributed by atoms with Crippen LogP contribution in [0.25, 0.3) is 0 Å². The van der Waals surface area contributed by atoms with Gasteiger partial charge in [-0.3, -0.25) is 10.2 Å². The van der Waals surface area contributed by atoms with Gasteiger partial charge < -0.3 is 5.11 Å². The topological polar surface area (TPSA) is 75.3 Å². The summed E-state index contributed by atoms with van der Waals surface area (Å²) in [4.78, 5) is 11.4. The lowest BCUT2D eigenvalue weighted by Crippen LogP contribution is -2.36. The Morgan fingerprint density at radius 2 is 1.61 bits per heavy atom. The largest absolute Gasteiger partial charge is 0.396 e. The van der Waals surface area contributed by atoms with Gasteiger partial charge in [0.15, 0.2) is 0 Å². The van der Waals surface area contributed by atoms with Crippen LogP contribution in [0.15, 0.2) is 0 Å². The quantitative estimate of drug-likeness (QED) is 0.218. The van der Waals surface area contributed by atoms with Crippen LogP contribution in [0, 0.1) is 5.92 Å². The zero-order valence-corrected chi connectivity index (χ0v) is 11.8. The molecule has 4 nitrogen and oxygen atoms in total. The first kappa shape index (κ1) is 17.4. The van der Waals surface area contributed by atoms with Crippen LogP contribution in [0.4, 0.5) is 0 Å². The van der Waals surface area contributed by atoms with E-state index in [9.17, 15) is 4.79 Å². The molecule has 0 bridgehead atoms. The molecule has 4 N–H and O–H groups in total. The van der Waals surface area contributed by atoms with Crippen molar-refractivity contribution in [2.24, 2.45) is 11.8 Å². The number of hydrazine groups is 1. The van der Waals surface area contributed by atoms with Gasteiger partial charge in [-0.15, -0.1) is 0 Å². The summed E-state index contributed by atoms with van der Waals surface area (Å²) in [6.45, 7) is 2.28. The van der Waals surface area contributed by atoms with E-state index in [0.717, 1.165) is 12.8 Å². The maximum Gasteiger partial charge on any atom is 0.237 e. The van der Waals surface area contributed by atoms with Crippen molar-refractivity contribution in [2.75, 3.05) is 6.61 Å². The van der Waals surface area contributed by atoms with Crippen molar-refractivity contribution in [3.63, 3.8) is 0 Å². The molecule has 0 saturated carbocycles. The number of hydrogen-bond acceptors (Lipinski definition) is 3. The number of unbranched alkanes of at least 4 members (excludes halogenated alkanes) is 7. The van der Waals surface area contributed by atoms with Gasteiger partial charge in [-0.2, -0.15) is 0 Å². The SMILES string of the molecule is CCCCCCCCCC[C@H](CCO)C(=O)NN. The van der Waals surface area contributed by atoms with Gasteiger partial charge in [0.05, 0.1) is 0 Å². The van der Waals surface area contributed by atoms with Gasteiger partial charge in [0, 0.05) is 12.5 Å². The predicted octanol–water partition coefficient (Wildman–Crippen LogP) is 2.51. The Kier molecular flexibility index (Phi) is 12.4. The van der Waals surface area contributed by atoms with Crippen LogP contribution in [0.5, 0.6) is 0 Å². The molecule has 18 heavy (non-hydrogen) atoms. The van der Waals surface area contributed by atoms with E-state index in [1.54, 1.807) is 0 Å². The first-order valence-corrected chi connectivity index (χ1v) is 7.37. The summed E-state index contributed by atoms with van der Waals surface area (Å²) in [5.41, 5.74) is 2.18. The number of hydrogen-bond donors (Lipinski definition) is 3. The third-order valence-corrected chi connectivity index (χ3v) is 3.40. The van der Waals surface area contributed by atoms with Crippen LogP contribution < -0.4 is 11.3 Å². The Morgan fingerprint density at radius 1 is 1.06 bits per heavy atom. The monoisotopic (exact) mass is 258 g/mol. The van der Waals surface area contributed by atoms with Gasteiger partial charge in [0.1, 0.15) is 0 Å². The Morgan fingerprint density at radius 3 is 2.11 bits per heavy atom. The van der Waals surface area contributed by atoms with Gasteiger partial charge >= 0.3 is 0 Å². The molecule has 0 saturated heterocycles. The summed E-state index contributed by atoms with van der Waals surface area (Å²) in [6, 6.07) is 0. The minimum absolute atomic E-state index is 0.0507. The Balaban J connectivity index is 3.46. The minimum atomic E-state index is -0.146. The van der Waals surface area contributed by atoms with E-state index in [2.05, 4.69) is 12.3 Å². The highest BCUT2D eigenvalue weighted by Crippen LogP contribution is 2.15. The van der Waals surface area contributed by atoms with Crippen LogP contribution in [0.1, 0.15) is 71.1 Å². The lowest BCUT2D eigenvalue weighted by Gasteiger charge is -2.13. The lowest BCUT2D eigenvalue weighted by atomic mass is 9.96. The second-order valence-corrected chi connectivity index (χ2v) is 4.98. The Bertz CT molecular complexity index is 198. The second-order valence-electron chi connectivity index (χ2n) is 4.98. The fourth-order valence-corrected chi connectivity index (χ4v) is 2.20. The second kappa shape index (κ2) is 12.8. The van der Waals surface area contributed by atoms with Gasteiger partial charge in [-0.1, -0.05) is 58.3 Å². The van der Waals surface area contributed by atoms with Gasteiger partial charge in [0.25, 0.3) is 0 Å². The standard InChI is InChI=1S/C14H30N2O2/c1-2-3-4-5-6-7-8-9-10-13(11-12-17)14(18)16-15/h13,17H,2-12,15H2,1H3,(H,16,18)/t13-/m1/s1. The fourth-order valence-electron chi connectivity index (χ4n) is 2.20. The third-order valence-electron chi connectivity index (χ3n) is 3.40. The van der Waals surface area contributed by atoms with Crippen molar-refractivity contribution in [3.05, 3.63) is 0 Å². The predicted molar refractivity (Wildman–Crippen MR) is 74.7 cm³/mol. The number of amides is 1. The van der Waals surface area contributed by atoms with E-state index in [-0.39, 0.29) is 18.4 Å². The molecule has 0 unspecified atom stereocenters. The highest BCUT2D eigenvalue weighted by Gasteiger charge is 2.15. The zero-order valence-electron chi connectivity index (χ0n) is 11.8. The Hall–Kier alpha value is -0.610. The molecule has 0 aliphatic rings. The fraction of sp³-hybridized carbons (Fsp3) is 0.929. The molecule has 108 valence electrons. The maximum absolute atomic E-state index is 11.4. The number of aliphatic hydroxyl groups is 1. The average Bonchev–Trinajstić information content (AvgIpc) is 2.39. The van der Waals surface area contributed by atoms with E-state index >= 15 is 0 Å². The molecule has 0 rings (SSSR count). The summed E-state index contributed by atoms with van der Waals surface area (Å²) in [6.07, 6.45) is 11.4. The summed E-state index contributed by atoms with van der Waals surface area (Å²) in [5, 5.41) is 8.88. The van der Waals surface area contributed by atoms with Crippen molar-refractivity contribution in [1.82, 2.24) is 5.43 Å². The molecule has 0 aliphatic carbocycles. The van der Waals surface area contributed by atoms with Crippen LogP contribution >= 0.6 is 0 Å². The van der Waals surface area contributed by atoms with E-state index < -0.39 is 0 Å². The van der Waals surface area contributed by atoms with Crippen LogP contribution in [0.2, 0.25) is 0 Å². The highest BCUT2D eigenvalue weighted by atomic mass is 16.3. The maximum atomic E-state index is 11.4. The molecule has 0 heterocycles. The number of nitrogens with two attached hydrogens (primary N) is 1. The number of aliphatic hydroxyl groups excluding tert-OH is 1. The normalized spacial score (nSPS) is 12.4. The Labute approximate surface area is 111 Å². The zero-order chi connectivity index (χ0) is 13.6. The van der Waals surface area contributed by atoms with E-state index in [1.165, 1.54) is 44.9 Å². The molecular formula is C14H30N2O2. The highest BCUT2D eigenvalue weighted by molar-refractivity contribution is 5.77. The lowest BCUT2D eigenvalue weighted by molar-refractivity contribution is -0.125. The summed E-state index contributed by atoms with van der Waals surface area (Å²) < 4.78 is 0. The molecule has 0 spiro atoms. The number of rotatable bonds is 12. The van der Waals surface area contributed by atoms with Crippen molar-refractivity contribution >= 4 is 5.91 Å². The first-order chi connectivity index (χ1) is 8.76. The molecule has 0 aromatic heterocycles. The third kappa shape index (κ3) is 9.42. The van der Waals surface area contributed by atoms with Crippen molar-refractivity contribution in [3.8, 4) is 0 Å². The van der Waals surface area contributed by atoms with Crippen LogP contribution in [-0.4, -0.2) is 17.6 Å². The molecule has 0 aromatic carbocycles. The van der Waals surface area contributed by atoms with E-state index in [1.807, 2.05) is 0 Å². The molecule has 0 aliphatic heterocycles. The van der Waals surface area contributed by atoms with E-state index in [4.69, 9.17) is 10.9 Å². The molecule has 0 radical (unpaired) electrons. The minimum Gasteiger partial charge on any atom is -0.396 e. The van der Waals surface area contributed by atoms with E-state index in [0.29, 0.717) is 6.42 Å². The molecule has 0 aromatic rings. The number of nitrogens with one attached hydrogen (secondary N) is 1. The van der Waals surface area contributed by atoms with Crippen LogP contribution in [0.3, 0.4) is 0 Å². The van der Waals surface area contributed by atoms with Crippen molar-refractivity contribution in [1.29, 1.82) is 0 Å². The summed E-state index contributed by atoms with van der Waals surface area (Å²) >= 11 is 0. The van der Waals surface area contributed by atoms with Gasteiger partial charge in [-0.05, 0) is 12.8 Å². The molecule has 0 fully saturated rings. The first-order valence-electron chi connectivity index (χ1n) is 7.37. The number of carbonyl (C=O) groups excluding carboxylic acids is 1. The van der Waals surface area contributed by atoms with Crippen LogP contribution in [-0.2, 0) is 4.79 Å². The molecule has 1 amide bonds. The summed E-state index contributed by atoms with van der Waals surface area (Å²) in [5.74, 6) is 4.85. The summed E-state index contributed by atoms with van der Waals surface area (Å²) in [7, 11) is 0. The van der Waals surface area contributed by atoms with Crippen molar-refractivity contribution in [2.45, 2.75) is 71.1 Å². The molecular weight excluding hydrogens is 228 g/mol. The molecule has 1 atom stereocenters. The number of carbonyl (C=O) groups is 1.